The highest BCUT2D eigenvalue weighted by Gasteiger charge is 2.29. The van der Waals surface area contributed by atoms with Crippen LogP contribution in [0.4, 0.5) is 30.6 Å². The van der Waals surface area contributed by atoms with E-state index in [0.717, 1.165) is 22.3 Å². The molecule has 0 fully saturated rings. The second-order valence-electron chi connectivity index (χ2n) is 9.00. The van der Waals surface area contributed by atoms with Crippen molar-refractivity contribution in [1.82, 2.24) is 5.32 Å². The van der Waals surface area contributed by atoms with Crippen LogP contribution in [0.15, 0.2) is 91.0 Å². The maximum atomic E-state index is 13.9. The summed E-state index contributed by atoms with van der Waals surface area (Å²) < 4.78 is 32.6. The minimum atomic E-state index is -0.936. The molecule has 1 aliphatic rings. The molecule has 0 radical (unpaired) electrons. The molecule has 0 aromatic heterocycles. The number of alkyl carbamates (subject to hydrolysis) is 1. The Labute approximate surface area is 218 Å². The number of hydrogen-bond acceptors (Lipinski definition) is 4. The van der Waals surface area contributed by atoms with E-state index in [1.54, 1.807) is 0 Å². The van der Waals surface area contributed by atoms with Gasteiger partial charge in [-0.05, 0) is 71.6 Å². The number of rotatable bonds is 7. The van der Waals surface area contributed by atoms with E-state index in [1.165, 1.54) is 49.4 Å². The first-order valence-electron chi connectivity index (χ1n) is 12.1. The van der Waals surface area contributed by atoms with E-state index in [9.17, 15) is 18.4 Å². The van der Waals surface area contributed by atoms with Crippen LogP contribution in [0.1, 0.15) is 24.0 Å². The first kappa shape index (κ1) is 25.0. The summed E-state index contributed by atoms with van der Waals surface area (Å²) in [6, 6.07) is 24.4. The number of fused-ring (bicyclic) bond motifs is 3. The third-order valence-corrected chi connectivity index (χ3v) is 6.43. The molecule has 5 rings (SSSR count). The Balaban J connectivity index is 1.20. The van der Waals surface area contributed by atoms with Crippen LogP contribution in [0.2, 0.25) is 0 Å². The first-order chi connectivity index (χ1) is 18.4. The topological polar surface area (TPSA) is 79.5 Å². The lowest BCUT2D eigenvalue weighted by Gasteiger charge is -2.18. The van der Waals surface area contributed by atoms with Gasteiger partial charge < -0.3 is 20.7 Å². The van der Waals surface area contributed by atoms with Crippen LogP contribution in [-0.4, -0.2) is 24.6 Å². The molecule has 1 aliphatic carbocycles. The van der Waals surface area contributed by atoms with Crippen LogP contribution in [-0.2, 0) is 9.53 Å². The maximum Gasteiger partial charge on any atom is 0.407 e. The zero-order valence-corrected chi connectivity index (χ0v) is 20.5. The van der Waals surface area contributed by atoms with Gasteiger partial charge in [-0.2, -0.15) is 0 Å². The summed E-state index contributed by atoms with van der Waals surface area (Å²) in [6.45, 7) is 1.64. The number of hydrogen-bond donors (Lipinski definition) is 3. The van der Waals surface area contributed by atoms with Gasteiger partial charge in [-0.3, -0.25) is 4.79 Å². The van der Waals surface area contributed by atoms with E-state index in [0.29, 0.717) is 11.4 Å². The molecule has 0 unspecified atom stereocenters. The normalized spacial score (nSPS) is 12.7. The molecule has 0 saturated carbocycles. The number of ether oxygens (including phenoxy) is 1. The molecule has 8 heteroatoms. The standard InChI is InChI=1S/C30H25F2N3O3/c1-18(29(36)35-27-15-12-20(32)16-28(27)34-21-13-10-19(31)11-14-21)33-30(37)38-17-26-24-8-4-2-6-22(24)23-7-3-5-9-25(23)26/h2-16,18,26,34H,17H2,1H3,(H,33,37)(H,35,36)/t18-/m0/s1. The summed E-state index contributed by atoms with van der Waals surface area (Å²) in [5, 5.41) is 8.19. The minimum absolute atomic E-state index is 0.100. The molecule has 6 nitrogen and oxygen atoms in total. The van der Waals surface area contributed by atoms with Crippen LogP contribution in [0.5, 0.6) is 0 Å². The molecule has 4 aromatic rings. The molecule has 0 bridgehead atoms. The third kappa shape index (κ3) is 5.34. The van der Waals surface area contributed by atoms with Gasteiger partial charge in [0.1, 0.15) is 24.3 Å². The molecule has 1 atom stereocenters. The molecule has 4 aromatic carbocycles. The Hall–Kier alpha value is -4.72. The molecular weight excluding hydrogens is 488 g/mol. The highest BCUT2D eigenvalue weighted by Crippen LogP contribution is 2.44. The number of nitrogens with one attached hydrogen (secondary N) is 3. The Morgan fingerprint density at radius 2 is 1.42 bits per heavy atom. The van der Waals surface area contributed by atoms with Gasteiger partial charge in [0.25, 0.3) is 0 Å². The lowest BCUT2D eigenvalue weighted by Crippen LogP contribution is -2.42. The average molecular weight is 514 g/mol. The van der Waals surface area contributed by atoms with E-state index in [4.69, 9.17) is 4.74 Å². The molecule has 38 heavy (non-hydrogen) atoms. The Morgan fingerprint density at radius 3 is 2.08 bits per heavy atom. The van der Waals surface area contributed by atoms with Crippen LogP contribution in [0.3, 0.4) is 0 Å². The van der Waals surface area contributed by atoms with Crippen LogP contribution in [0, 0.1) is 11.6 Å². The van der Waals surface area contributed by atoms with E-state index in [-0.39, 0.29) is 18.2 Å². The number of benzene rings is 4. The molecule has 0 aliphatic heterocycles. The average Bonchev–Trinajstić information content (AvgIpc) is 3.24. The highest BCUT2D eigenvalue weighted by molar-refractivity contribution is 5.99. The second kappa shape index (κ2) is 10.7. The fraction of sp³-hybridized carbons (Fsp3) is 0.133. The molecule has 0 saturated heterocycles. The van der Waals surface area contributed by atoms with Gasteiger partial charge in [0, 0.05) is 11.6 Å². The van der Waals surface area contributed by atoms with Gasteiger partial charge in [-0.15, -0.1) is 0 Å². The summed E-state index contributed by atoms with van der Waals surface area (Å²) >= 11 is 0. The smallest absolute Gasteiger partial charge is 0.407 e. The summed E-state index contributed by atoms with van der Waals surface area (Å²) in [6.07, 6.45) is -0.724. The predicted molar refractivity (Wildman–Crippen MR) is 142 cm³/mol. The summed E-state index contributed by atoms with van der Waals surface area (Å²) in [7, 11) is 0. The van der Waals surface area contributed by atoms with Crippen LogP contribution < -0.4 is 16.0 Å². The first-order valence-corrected chi connectivity index (χ1v) is 12.1. The zero-order chi connectivity index (χ0) is 26.6. The summed E-state index contributed by atoms with van der Waals surface area (Å²) in [4.78, 5) is 25.4. The third-order valence-electron chi connectivity index (χ3n) is 6.43. The minimum Gasteiger partial charge on any atom is -0.449 e. The number of carbonyl (C=O) groups excluding carboxylic acids is 2. The zero-order valence-electron chi connectivity index (χ0n) is 20.5. The van der Waals surface area contributed by atoms with Crippen molar-refractivity contribution < 1.29 is 23.1 Å². The molecule has 0 heterocycles. The maximum absolute atomic E-state index is 13.9. The number of anilines is 3. The SMILES string of the molecule is C[C@H](NC(=O)OCC1c2ccccc2-c2ccccc21)C(=O)Nc1ccc(F)cc1Nc1ccc(F)cc1. The van der Waals surface area contributed by atoms with Crippen molar-refractivity contribution in [3.63, 3.8) is 0 Å². The molecular formula is C30H25F2N3O3. The summed E-state index contributed by atoms with van der Waals surface area (Å²) in [5.74, 6) is -1.54. The van der Waals surface area contributed by atoms with Crippen molar-refractivity contribution in [2.24, 2.45) is 0 Å². The van der Waals surface area contributed by atoms with Gasteiger partial charge >= 0.3 is 6.09 Å². The quantitative estimate of drug-likeness (QED) is 0.261. The van der Waals surface area contributed by atoms with Crippen molar-refractivity contribution in [2.45, 2.75) is 18.9 Å². The van der Waals surface area contributed by atoms with Gasteiger partial charge in [0.15, 0.2) is 0 Å². The van der Waals surface area contributed by atoms with E-state index < -0.39 is 29.7 Å². The van der Waals surface area contributed by atoms with Crippen LogP contribution in [0.25, 0.3) is 11.1 Å². The van der Waals surface area contributed by atoms with Crippen molar-refractivity contribution in [3.05, 3.63) is 114 Å². The summed E-state index contributed by atoms with van der Waals surface area (Å²) in [5.41, 5.74) is 5.50. The number of halogens is 2. The van der Waals surface area contributed by atoms with Gasteiger partial charge in [0.2, 0.25) is 5.91 Å². The lowest BCUT2D eigenvalue weighted by atomic mass is 9.98. The van der Waals surface area contributed by atoms with E-state index in [1.807, 2.05) is 36.4 Å². The number of carbonyl (C=O) groups is 2. The Kier molecular flexibility index (Phi) is 7.04. The lowest BCUT2D eigenvalue weighted by molar-refractivity contribution is -0.117. The molecule has 192 valence electrons. The fourth-order valence-corrected chi connectivity index (χ4v) is 4.54. The highest BCUT2D eigenvalue weighted by atomic mass is 19.1. The largest absolute Gasteiger partial charge is 0.449 e. The molecule has 2 amide bonds. The fourth-order valence-electron chi connectivity index (χ4n) is 4.54. The van der Waals surface area contributed by atoms with Gasteiger partial charge in [0.05, 0.1) is 11.4 Å². The Bertz CT molecular complexity index is 1450. The van der Waals surface area contributed by atoms with Crippen molar-refractivity contribution in [3.8, 4) is 11.1 Å². The van der Waals surface area contributed by atoms with Crippen molar-refractivity contribution in [1.29, 1.82) is 0 Å². The van der Waals surface area contributed by atoms with E-state index in [2.05, 4.69) is 28.1 Å². The van der Waals surface area contributed by atoms with Crippen molar-refractivity contribution >= 4 is 29.1 Å². The number of amides is 2. The van der Waals surface area contributed by atoms with Crippen molar-refractivity contribution in [2.75, 3.05) is 17.2 Å². The molecule has 0 spiro atoms. The second-order valence-corrected chi connectivity index (χ2v) is 9.00. The molecule has 3 N–H and O–H groups in total. The van der Waals surface area contributed by atoms with Gasteiger partial charge in [-0.25, -0.2) is 13.6 Å². The van der Waals surface area contributed by atoms with E-state index >= 15 is 0 Å². The van der Waals surface area contributed by atoms with Crippen LogP contribution >= 0.6 is 0 Å². The monoisotopic (exact) mass is 513 g/mol. The van der Waals surface area contributed by atoms with Gasteiger partial charge in [-0.1, -0.05) is 48.5 Å². The Morgan fingerprint density at radius 1 is 0.816 bits per heavy atom. The predicted octanol–water partition coefficient (Wildman–Crippen LogP) is 6.57.